The van der Waals surface area contributed by atoms with Gasteiger partial charge in [0.15, 0.2) is 0 Å². The first-order valence-corrected chi connectivity index (χ1v) is 11.1. The van der Waals surface area contributed by atoms with Crippen LogP contribution < -0.4 is 0 Å². The van der Waals surface area contributed by atoms with Gasteiger partial charge in [0.25, 0.3) is 5.91 Å². The minimum Gasteiger partial charge on any atom is -0.370 e. The Morgan fingerprint density at radius 3 is 2.56 bits per heavy atom. The molecule has 1 saturated heterocycles. The average molecular weight is 445 g/mol. The molecule has 32 heavy (non-hydrogen) atoms. The van der Waals surface area contributed by atoms with Gasteiger partial charge in [-0.05, 0) is 24.0 Å². The summed E-state index contributed by atoms with van der Waals surface area (Å²) < 4.78 is 21.6. The molecule has 2 amide bonds. The zero-order chi connectivity index (χ0) is 23.4. The fraction of sp³-hybridized carbons (Fsp3) is 0.542. The Labute approximate surface area is 189 Å². The number of amides is 2. The van der Waals surface area contributed by atoms with Gasteiger partial charge in [0.05, 0.1) is 18.4 Å². The molecule has 0 saturated carbocycles. The number of ether oxygens (including phenoxy) is 1. The Bertz CT molecular complexity index is 956. The van der Waals surface area contributed by atoms with Crippen molar-refractivity contribution < 1.29 is 18.7 Å². The summed E-state index contributed by atoms with van der Waals surface area (Å²) in [5.74, 6) is -0.243. The van der Waals surface area contributed by atoms with Gasteiger partial charge in [-0.3, -0.25) is 14.3 Å². The Morgan fingerprint density at radius 2 is 1.94 bits per heavy atom. The van der Waals surface area contributed by atoms with Crippen LogP contribution in [0, 0.1) is 11.7 Å². The predicted molar refractivity (Wildman–Crippen MR) is 120 cm³/mol. The number of hydrogen-bond donors (Lipinski definition) is 0. The van der Waals surface area contributed by atoms with Crippen molar-refractivity contribution in [2.75, 3.05) is 26.2 Å². The van der Waals surface area contributed by atoms with Crippen molar-refractivity contribution in [1.29, 1.82) is 0 Å². The number of aryl methyl sites for hydroxylation is 1. The molecule has 7 nitrogen and oxygen atoms in total. The summed E-state index contributed by atoms with van der Waals surface area (Å²) in [6.45, 7) is 9.35. The van der Waals surface area contributed by atoms with Gasteiger partial charge in [0.1, 0.15) is 18.1 Å². The maximum atomic E-state index is 14.1. The lowest BCUT2D eigenvalue weighted by atomic mass is 10.1. The Balaban J connectivity index is 1.82. The SMILES string of the molecule is CC(C)CN1CC(OCc2ccccc2F)CN(C(=O)c2cc(C(C)C)nn2C)CC1=O. The highest BCUT2D eigenvalue weighted by molar-refractivity contribution is 5.95. The normalized spacial score (nSPS) is 17.4. The van der Waals surface area contributed by atoms with Gasteiger partial charge in [0.2, 0.25) is 5.91 Å². The van der Waals surface area contributed by atoms with Gasteiger partial charge in [0, 0.05) is 32.2 Å². The first-order chi connectivity index (χ1) is 15.2. The third kappa shape index (κ3) is 5.73. The van der Waals surface area contributed by atoms with Crippen LogP contribution in [-0.4, -0.2) is 63.7 Å². The summed E-state index contributed by atoms with van der Waals surface area (Å²) in [6.07, 6.45) is -0.429. The molecule has 1 aromatic carbocycles. The molecule has 174 valence electrons. The minimum atomic E-state index is -0.429. The summed E-state index contributed by atoms with van der Waals surface area (Å²) in [5.41, 5.74) is 1.71. The van der Waals surface area contributed by atoms with Crippen molar-refractivity contribution in [2.45, 2.75) is 46.3 Å². The number of hydrogen-bond acceptors (Lipinski definition) is 4. The second-order valence-electron chi connectivity index (χ2n) is 9.14. The molecule has 8 heteroatoms. The summed E-state index contributed by atoms with van der Waals surface area (Å²) in [7, 11) is 1.73. The maximum absolute atomic E-state index is 14.1. The van der Waals surface area contributed by atoms with E-state index in [0.717, 1.165) is 5.69 Å². The first kappa shape index (κ1) is 23.9. The van der Waals surface area contributed by atoms with Crippen LogP contribution in [0.4, 0.5) is 4.39 Å². The van der Waals surface area contributed by atoms with Crippen molar-refractivity contribution in [2.24, 2.45) is 13.0 Å². The van der Waals surface area contributed by atoms with E-state index in [1.807, 2.05) is 27.7 Å². The van der Waals surface area contributed by atoms with E-state index in [9.17, 15) is 14.0 Å². The van der Waals surface area contributed by atoms with Gasteiger partial charge in [-0.25, -0.2) is 4.39 Å². The van der Waals surface area contributed by atoms with E-state index in [4.69, 9.17) is 4.74 Å². The number of benzene rings is 1. The summed E-state index contributed by atoms with van der Waals surface area (Å²) in [4.78, 5) is 29.6. The molecule has 0 N–H and O–H groups in total. The molecule has 2 aromatic rings. The van der Waals surface area contributed by atoms with Crippen LogP contribution in [0.25, 0.3) is 0 Å². The van der Waals surface area contributed by atoms with Crippen LogP contribution in [0.2, 0.25) is 0 Å². The molecule has 1 aliphatic rings. The van der Waals surface area contributed by atoms with Crippen molar-refractivity contribution in [3.05, 3.63) is 53.1 Å². The number of halogens is 1. The molecule has 1 aromatic heterocycles. The van der Waals surface area contributed by atoms with Crippen LogP contribution >= 0.6 is 0 Å². The van der Waals surface area contributed by atoms with E-state index in [0.29, 0.717) is 24.3 Å². The maximum Gasteiger partial charge on any atom is 0.272 e. The fourth-order valence-electron chi connectivity index (χ4n) is 3.81. The fourth-order valence-corrected chi connectivity index (χ4v) is 3.81. The molecule has 0 bridgehead atoms. The summed E-state index contributed by atoms with van der Waals surface area (Å²) >= 11 is 0. The predicted octanol–water partition coefficient (Wildman–Crippen LogP) is 3.21. The molecular weight excluding hydrogens is 411 g/mol. The smallest absolute Gasteiger partial charge is 0.272 e. The van der Waals surface area contributed by atoms with E-state index < -0.39 is 6.10 Å². The second kappa shape index (κ2) is 10.3. The molecule has 1 fully saturated rings. The topological polar surface area (TPSA) is 67.7 Å². The number of aromatic nitrogens is 2. The number of nitrogens with zero attached hydrogens (tertiary/aromatic N) is 4. The third-order valence-electron chi connectivity index (χ3n) is 5.54. The standard InChI is InChI=1S/C24H33FN4O3/c1-16(2)11-28-12-19(32-15-18-8-6-7-9-20(18)25)13-29(14-23(28)30)24(31)22-10-21(17(3)4)26-27(22)5/h6-10,16-17,19H,11-15H2,1-5H3. The van der Waals surface area contributed by atoms with Gasteiger partial charge >= 0.3 is 0 Å². The van der Waals surface area contributed by atoms with E-state index in [1.54, 1.807) is 40.9 Å². The lowest BCUT2D eigenvalue weighted by molar-refractivity contribution is -0.132. The van der Waals surface area contributed by atoms with Gasteiger partial charge in [-0.15, -0.1) is 0 Å². The largest absolute Gasteiger partial charge is 0.370 e. The molecule has 0 aliphatic carbocycles. The highest BCUT2D eigenvalue weighted by Crippen LogP contribution is 2.19. The molecule has 2 heterocycles. The van der Waals surface area contributed by atoms with Crippen molar-refractivity contribution in [3.8, 4) is 0 Å². The molecule has 0 spiro atoms. The van der Waals surface area contributed by atoms with Crippen molar-refractivity contribution >= 4 is 11.8 Å². The van der Waals surface area contributed by atoms with Gasteiger partial charge < -0.3 is 14.5 Å². The number of rotatable bonds is 7. The summed E-state index contributed by atoms with van der Waals surface area (Å²) in [6, 6.07) is 8.24. The lowest BCUT2D eigenvalue weighted by Crippen LogP contribution is -2.41. The van der Waals surface area contributed by atoms with E-state index in [2.05, 4.69) is 5.10 Å². The van der Waals surface area contributed by atoms with Crippen LogP contribution in [0.3, 0.4) is 0 Å². The highest BCUT2D eigenvalue weighted by atomic mass is 19.1. The van der Waals surface area contributed by atoms with Crippen LogP contribution in [0.1, 0.15) is 55.4 Å². The Kier molecular flexibility index (Phi) is 7.66. The van der Waals surface area contributed by atoms with Crippen molar-refractivity contribution in [1.82, 2.24) is 19.6 Å². The molecule has 1 atom stereocenters. The van der Waals surface area contributed by atoms with E-state index >= 15 is 0 Å². The highest BCUT2D eigenvalue weighted by Gasteiger charge is 2.33. The first-order valence-electron chi connectivity index (χ1n) is 11.1. The molecule has 1 unspecified atom stereocenters. The summed E-state index contributed by atoms with van der Waals surface area (Å²) in [5, 5.41) is 4.43. The third-order valence-corrected chi connectivity index (χ3v) is 5.54. The lowest BCUT2D eigenvalue weighted by Gasteiger charge is -2.26. The van der Waals surface area contributed by atoms with Crippen LogP contribution in [0.15, 0.2) is 30.3 Å². The minimum absolute atomic E-state index is 0.0205. The zero-order valence-corrected chi connectivity index (χ0v) is 19.5. The Hall–Kier alpha value is -2.74. The van der Waals surface area contributed by atoms with E-state index in [-0.39, 0.29) is 49.2 Å². The van der Waals surface area contributed by atoms with Crippen LogP contribution in [0.5, 0.6) is 0 Å². The number of carbonyl (C=O) groups is 2. The average Bonchev–Trinajstić information content (AvgIpc) is 3.05. The van der Waals surface area contributed by atoms with Crippen LogP contribution in [-0.2, 0) is 23.2 Å². The van der Waals surface area contributed by atoms with E-state index in [1.165, 1.54) is 11.0 Å². The molecule has 1 aliphatic heterocycles. The van der Waals surface area contributed by atoms with Gasteiger partial charge in [-0.2, -0.15) is 5.10 Å². The molecule has 3 rings (SSSR count). The molecular formula is C24H33FN4O3. The zero-order valence-electron chi connectivity index (χ0n) is 19.5. The number of carbonyl (C=O) groups excluding carboxylic acids is 2. The Morgan fingerprint density at radius 1 is 1.22 bits per heavy atom. The van der Waals surface area contributed by atoms with Gasteiger partial charge in [-0.1, -0.05) is 45.9 Å². The quantitative estimate of drug-likeness (QED) is 0.658. The molecule has 0 radical (unpaired) electrons. The monoisotopic (exact) mass is 444 g/mol. The second-order valence-corrected chi connectivity index (χ2v) is 9.14. The van der Waals surface area contributed by atoms with Crippen molar-refractivity contribution in [3.63, 3.8) is 0 Å².